The number of rotatable bonds is 9. The van der Waals surface area contributed by atoms with E-state index in [0.717, 1.165) is 6.42 Å². The Hall–Kier alpha value is -1.56. The van der Waals surface area contributed by atoms with Gasteiger partial charge in [-0.1, -0.05) is 13.5 Å². The van der Waals surface area contributed by atoms with Crippen LogP contribution in [-0.2, 0) is 19.0 Å². The molecule has 6 nitrogen and oxygen atoms in total. The van der Waals surface area contributed by atoms with Crippen molar-refractivity contribution in [2.75, 3.05) is 33.0 Å². The SMILES string of the molecule is C=C(C)C(=O)OCCOCCOC(=O)NCCC. The van der Waals surface area contributed by atoms with E-state index in [2.05, 4.69) is 11.9 Å². The van der Waals surface area contributed by atoms with Crippen LogP contribution in [0.4, 0.5) is 4.79 Å². The summed E-state index contributed by atoms with van der Waals surface area (Å²) < 4.78 is 14.7. The third-order valence-electron chi connectivity index (χ3n) is 1.79. The lowest BCUT2D eigenvalue weighted by atomic mass is 10.4. The van der Waals surface area contributed by atoms with E-state index < -0.39 is 12.1 Å². The van der Waals surface area contributed by atoms with Gasteiger partial charge in [-0.15, -0.1) is 0 Å². The number of carbonyl (C=O) groups excluding carboxylic acids is 2. The van der Waals surface area contributed by atoms with Crippen LogP contribution in [0.5, 0.6) is 0 Å². The Kier molecular flexibility index (Phi) is 9.67. The minimum atomic E-state index is -0.450. The van der Waals surface area contributed by atoms with Crippen molar-refractivity contribution < 1.29 is 23.8 Å². The van der Waals surface area contributed by atoms with Gasteiger partial charge in [0.05, 0.1) is 13.2 Å². The first-order valence-electron chi connectivity index (χ1n) is 5.89. The summed E-state index contributed by atoms with van der Waals surface area (Å²) in [6, 6.07) is 0. The first-order valence-corrected chi connectivity index (χ1v) is 5.89. The van der Waals surface area contributed by atoms with Crippen LogP contribution in [0.3, 0.4) is 0 Å². The highest BCUT2D eigenvalue weighted by Crippen LogP contribution is 1.91. The van der Waals surface area contributed by atoms with E-state index in [4.69, 9.17) is 14.2 Å². The van der Waals surface area contributed by atoms with Gasteiger partial charge >= 0.3 is 12.1 Å². The maximum Gasteiger partial charge on any atom is 0.407 e. The van der Waals surface area contributed by atoms with Crippen molar-refractivity contribution in [1.82, 2.24) is 5.32 Å². The first-order chi connectivity index (χ1) is 8.57. The summed E-state index contributed by atoms with van der Waals surface area (Å²) in [5.41, 5.74) is 0.353. The van der Waals surface area contributed by atoms with Crippen LogP contribution in [-0.4, -0.2) is 45.0 Å². The Bertz CT molecular complexity index is 278. The van der Waals surface area contributed by atoms with Gasteiger partial charge in [0.1, 0.15) is 13.2 Å². The molecule has 18 heavy (non-hydrogen) atoms. The van der Waals surface area contributed by atoms with Crippen molar-refractivity contribution in [2.24, 2.45) is 0 Å². The van der Waals surface area contributed by atoms with Crippen LogP contribution in [0.25, 0.3) is 0 Å². The van der Waals surface area contributed by atoms with Crippen molar-refractivity contribution in [2.45, 2.75) is 20.3 Å². The lowest BCUT2D eigenvalue weighted by Crippen LogP contribution is -2.26. The summed E-state index contributed by atoms with van der Waals surface area (Å²) in [6.07, 6.45) is 0.411. The topological polar surface area (TPSA) is 73.9 Å². The molecule has 1 amide bonds. The molecule has 0 radical (unpaired) electrons. The number of nitrogens with one attached hydrogen (secondary N) is 1. The van der Waals surface area contributed by atoms with Gasteiger partial charge in [0, 0.05) is 12.1 Å². The molecule has 0 aromatic rings. The molecule has 0 aliphatic heterocycles. The van der Waals surface area contributed by atoms with E-state index in [1.807, 2.05) is 6.92 Å². The summed E-state index contributed by atoms with van der Waals surface area (Å²) in [7, 11) is 0. The van der Waals surface area contributed by atoms with Gasteiger partial charge in [-0.3, -0.25) is 0 Å². The van der Waals surface area contributed by atoms with Gasteiger partial charge in [0.15, 0.2) is 0 Å². The smallest absolute Gasteiger partial charge is 0.407 e. The Labute approximate surface area is 107 Å². The molecule has 0 aliphatic rings. The lowest BCUT2D eigenvalue weighted by molar-refractivity contribution is -0.140. The van der Waals surface area contributed by atoms with Crippen LogP contribution in [0.2, 0.25) is 0 Å². The largest absolute Gasteiger partial charge is 0.460 e. The third kappa shape index (κ3) is 9.65. The summed E-state index contributed by atoms with van der Waals surface area (Å²) in [5, 5.41) is 2.57. The van der Waals surface area contributed by atoms with Crippen molar-refractivity contribution in [3.8, 4) is 0 Å². The molecule has 0 rings (SSSR count). The number of ether oxygens (including phenoxy) is 3. The van der Waals surface area contributed by atoms with Gasteiger partial charge in [0.2, 0.25) is 0 Å². The predicted octanol–water partition coefficient (Wildman–Crippen LogP) is 1.26. The number of hydrogen-bond acceptors (Lipinski definition) is 5. The zero-order valence-electron chi connectivity index (χ0n) is 11.0. The van der Waals surface area contributed by atoms with Crippen LogP contribution in [0.1, 0.15) is 20.3 Å². The number of alkyl carbamates (subject to hydrolysis) is 1. The molecule has 0 bridgehead atoms. The molecule has 0 aromatic carbocycles. The zero-order valence-corrected chi connectivity index (χ0v) is 11.0. The molecule has 0 aromatic heterocycles. The average molecular weight is 259 g/mol. The average Bonchev–Trinajstić information content (AvgIpc) is 2.34. The molecule has 0 spiro atoms. The second-order valence-corrected chi connectivity index (χ2v) is 3.59. The molecular weight excluding hydrogens is 238 g/mol. The minimum absolute atomic E-state index is 0.160. The Morgan fingerprint density at radius 1 is 1.11 bits per heavy atom. The Balaban J connectivity index is 3.28. The van der Waals surface area contributed by atoms with Crippen molar-refractivity contribution in [3.63, 3.8) is 0 Å². The van der Waals surface area contributed by atoms with Crippen LogP contribution in [0.15, 0.2) is 12.2 Å². The second-order valence-electron chi connectivity index (χ2n) is 3.59. The summed E-state index contributed by atoms with van der Waals surface area (Å²) >= 11 is 0. The van der Waals surface area contributed by atoms with E-state index in [1.165, 1.54) is 0 Å². The molecule has 0 unspecified atom stereocenters. The van der Waals surface area contributed by atoms with Crippen LogP contribution < -0.4 is 5.32 Å². The number of hydrogen-bond donors (Lipinski definition) is 1. The molecule has 104 valence electrons. The van der Waals surface area contributed by atoms with Gasteiger partial charge in [0.25, 0.3) is 0 Å². The van der Waals surface area contributed by atoms with E-state index >= 15 is 0 Å². The fourth-order valence-electron chi connectivity index (χ4n) is 0.890. The predicted molar refractivity (Wildman–Crippen MR) is 66.2 cm³/mol. The van der Waals surface area contributed by atoms with Crippen LogP contribution in [0, 0.1) is 0 Å². The number of esters is 1. The molecule has 0 saturated heterocycles. The van der Waals surface area contributed by atoms with E-state index in [-0.39, 0.29) is 26.4 Å². The first kappa shape index (κ1) is 16.4. The molecule has 6 heteroatoms. The maximum atomic E-state index is 11.0. The lowest BCUT2D eigenvalue weighted by Gasteiger charge is -2.07. The fourth-order valence-corrected chi connectivity index (χ4v) is 0.890. The molecular formula is C12H21NO5. The standard InChI is InChI=1S/C12H21NO5/c1-4-5-13-12(15)18-9-7-16-6-8-17-11(14)10(2)3/h2,4-9H2,1,3H3,(H,13,15). The van der Waals surface area contributed by atoms with E-state index in [0.29, 0.717) is 12.1 Å². The number of carbonyl (C=O) groups is 2. The zero-order chi connectivity index (χ0) is 13.8. The van der Waals surface area contributed by atoms with Crippen molar-refractivity contribution in [3.05, 3.63) is 12.2 Å². The van der Waals surface area contributed by atoms with Crippen LogP contribution >= 0.6 is 0 Å². The third-order valence-corrected chi connectivity index (χ3v) is 1.79. The normalized spacial score (nSPS) is 9.67. The Morgan fingerprint density at radius 2 is 1.72 bits per heavy atom. The summed E-state index contributed by atoms with van der Waals surface area (Å²) in [4.78, 5) is 22.0. The fraction of sp³-hybridized carbons (Fsp3) is 0.667. The van der Waals surface area contributed by atoms with Crippen molar-refractivity contribution >= 4 is 12.1 Å². The van der Waals surface area contributed by atoms with Crippen molar-refractivity contribution in [1.29, 1.82) is 0 Å². The monoisotopic (exact) mass is 259 g/mol. The second kappa shape index (κ2) is 10.6. The van der Waals surface area contributed by atoms with E-state index in [1.54, 1.807) is 6.92 Å². The summed E-state index contributed by atoms with van der Waals surface area (Å²) in [6.45, 7) is 8.43. The molecule has 0 fully saturated rings. The summed E-state index contributed by atoms with van der Waals surface area (Å²) in [5.74, 6) is -0.436. The highest BCUT2D eigenvalue weighted by molar-refractivity contribution is 5.86. The molecule has 0 atom stereocenters. The highest BCUT2D eigenvalue weighted by Gasteiger charge is 2.02. The quantitative estimate of drug-likeness (QED) is 0.383. The minimum Gasteiger partial charge on any atom is -0.460 e. The van der Waals surface area contributed by atoms with Gasteiger partial charge in [-0.25, -0.2) is 9.59 Å². The highest BCUT2D eigenvalue weighted by atomic mass is 16.6. The molecule has 0 heterocycles. The molecule has 0 saturated carbocycles. The maximum absolute atomic E-state index is 11.0. The Morgan fingerprint density at radius 3 is 2.28 bits per heavy atom. The van der Waals surface area contributed by atoms with Gasteiger partial charge in [-0.05, 0) is 13.3 Å². The molecule has 1 N–H and O–H groups in total. The van der Waals surface area contributed by atoms with E-state index in [9.17, 15) is 9.59 Å². The number of amides is 1. The van der Waals surface area contributed by atoms with Gasteiger partial charge < -0.3 is 19.5 Å². The van der Waals surface area contributed by atoms with Gasteiger partial charge in [-0.2, -0.15) is 0 Å². The molecule has 0 aliphatic carbocycles.